The molecule has 1 aromatic carbocycles. The minimum atomic E-state index is -3.67. The van der Waals surface area contributed by atoms with Gasteiger partial charge >= 0.3 is 12.0 Å². The van der Waals surface area contributed by atoms with Gasteiger partial charge in [-0.05, 0) is 31.5 Å². The van der Waals surface area contributed by atoms with Crippen molar-refractivity contribution in [2.75, 3.05) is 39.1 Å². The summed E-state index contributed by atoms with van der Waals surface area (Å²) in [4.78, 5) is 24.9. The number of sulfonamides is 1. The van der Waals surface area contributed by atoms with Crippen LogP contribution in [0.15, 0.2) is 23.1 Å². The molecule has 1 fully saturated rings. The number of hydrogen-bond acceptors (Lipinski definition) is 5. The number of amides is 2. The number of anilines is 1. The zero-order chi connectivity index (χ0) is 19.5. The van der Waals surface area contributed by atoms with Gasteiger partial charge in [-0.25, -0.2) is 17.5 Å². The van der Waals surface area contributed by atoms with Crippen molar-refractivity contribution in [2.45, 2.75) is 18.2 Å². The van der Waals surface area contributed by atoms with E-state index >= 15 is 0 Å². The smallest absolute Gasteiger partial charge is 0.321 e. The minimum absolute atomic E-state index is 0.0195. The molecule has 0 spiro atoms. The molecule has 144 valence electrons. The summed E-state index contributed by atoms with van der Waals surface area (Å²) in [5, 5.41) is 11.7. The SMILES string of the molecule is CCOc1ccc(S(=O)(=O)N(C)C)cc1NC(=O)N1CCC(C(=O)O)C1. The monoisotopic (exact) mass is 385 g/mol. The molecule has 0 saturated carbocycles. The molecule has 1 heterocycles. The lowest BCUT2D eigenvalue weighted by Gasteiger charge is -2.19. The Balaban J connectivity index is 2.26. The first-order valence-corrected chi connectivity index (χ1v) is 9.59. The number of ether oxygens (including phenoxy) is 1. The Morgan fingerprint density at radius 2 is 2.08 bits per heavy atom. The number of carboxylic acids is 1. The van der Waals surface area contributed by atoms with Crippen LogP contribution in [0, 0.1) is 5.92 Å². The van der Waals surface area contributed by atoms with Gasteiger partial charge < -0.3 is 20.1 Å². The van der Waals surface area contributed by atoms with Gasteiger partial charge in [0.25, 0.3) is 0 Å². The number of hydrogen-bond donors (Lipinski definition) is 2. The molecule has 9 nitrogen and oxygen atoms in total. The highest BCUT2D eigenvalue weighted by atomic mass is 32.2. The largest absolute Gasteiger partial charge is 0.492 e. The van der Waals surface area contributed by atoms with Crippen molar-refractivity contribution >= 4 is 27.7 Å². The standard InChI is InChI=1S/C16H23N3O6S/c1-4-25-14-6-5-12(26(23,24)18(2)3)9-13(14)17-16(22)19-8-7-11(10-19)15(20)21/h5-6,9,11H,4,7-8,10H2,1-3H3,(H,17,22)(H,20,21). The van der Waals surface area contributed by atoms with E-state index in [1.807, 2.05) is 0 Å². The molecule has 10 heteroatoms. The summed E-state index contributed by atoms with van der Waals surface area (Å²) >= 11 is 0. The van der Waals surface area contributed by atoms with Gasteiger partial charge in [0.2, 0.25) is 10.0 Å². The summed E-state index contributed by atoms with van der Waals surface area (Å²) in [6, 6.07) is 3.74. The fourth-order valence-corrected chi connectivity index (χ4v) is 3.53. The first kappa shape index (κ1) is 20.0. The lowest BCUT2D eigenvalue weighted by molar-refractivity contribution is -0.141. The molecule has 1 aliphatic rings. The summed E-state index contributed by atoms with van der Waals surface area (Å²) < 4.78 is 31.1. The summed E-state index contributed by atoms with van der Waals surface area (Å²) in [6.07, 6.45) is 0.385. The van der Waals surface area contributed by atoms with Crippen LogP contribution in [0.1, 0.15) is 13.3 Å². The van der Waals surface area contributed by atoms with E-state index < -0.39 is 27.9 Å². The zero-order valence-electron chi connectivity index (χ0n) is 14.9. The first-order valence-electron chi connectivity index (χ1n) is 8.15. The van der Waals surface area contributed by atoms with Crippen LogP contribution in [0.5, 0.6) is 5.75 Å². The van der Waals surface area contributed by atoms with Crippen LogP contribution in [0.3, 0.4) is 0 Å². The first-order chi connectivity index (χ1) is 12.2. The second kappa shape index (κ2) is 7.92. The number of nitrogens with zero attached hydrogens (tertiary/aromatic N) is 2. The molecule has 1 aliphatic heterocycles. The highest BCUT2D eigenvalue weighted by molar-refractivity contribution is 7.89. The number of benzene rings is 1. The van der Waals surface area contributed by atoms with Crippen molar-refractivity contribution in [3.63, 3.8) is 0 Å². The van der Waals surface area contributed by atoms with Gasteiger partial charge in [-0.15, -0.1) is 0 Å². The normalized spacial score (nSPS) is 17.4. The lowest BCUT2D eigenvalue weighted by atomic mass is 10.1. The highest BCUT2D eigenvalue weighted by Gasteiger charge is 2.31. The number of aliphatic carboxylic acids is 1. The van der Waals surface area contributed by atoms with Crippen molar-refractivity contribution in [1.29, 1.82) is 0 Å². The molecule has 2 amide bonds. The maximum atomic E-state index is 12.4. The third-order valence-corrected chi connectivity index (χ3v) is 5.91. The van der Waals surface area contributed by atoms with Crippen LogP contribution >= 0.6 is 0 Å². The third-order valence-electron chi connectivity index (χ3n) is 4.10. The van der Waals surface area contributed by atoms with Gasteiger partial charge in [0, 0.05) is 27.2 Å². The van der Waals surface area contributed by atoms with Crippen molar-refractivity contribution in [3.05, 3.63) is 18.2 Å². The van der Waals surface area contributed by atoms with E-state index in [2.05, 4.69) is 5.32 Å². The van der Waals surface area contributed by atoms with Crippen molar-refractivity contribution in [1.82, 2.24) is 9.21 Å². The summed E-state index contributed by atoms with van der Waals surface area (Å²) in [6.45, 7) is 2.55. The van der Waals surface area contributed by atoms with E-state index in [0.29, 0.717) is 25.3 Å². The van der Waals surface area contributed by atoms with Crippen LogP contribution in [-0.4, -0.2) is 68.5 Å². The van der Waals surface area contributed by atoms with Gasteiger partial charge in [0.05, 0.1) is 23.1 Å². The topological polar surface area (TPSA) is 116 Å². The highest BCUT2D eigenvalue weighted by Crippen LogP contribution is 2.29. The number of rotatable bonds is 6. The Morgan fingerprint density at radius 1 is 1.38 bits per heavy atom. The Hall–Kier alpha value is -2.33. The maximum absolute atomic E-state index is 12.4. The fraction of sp³-hybridized carbons (Fsp3) is 0.500. The van der Waals surface area contributed by atoms with Crippen LogP contribution in [0.4, 0.5) is 10.5 Å². The Bertz CT molecular complexity index is 793. The van der Waals surface area contributed by atoms with Crippen LogP contribution in [0.2, 0.25) is 0 Å². The molecular formula is C16H23N3O6S. The Kier molecular flexibility index (Phi) is 6.09. The molecule has 0 aromatic heterocycles. The van der Waals surface area contributed by atoms with Crippen molar-refractivity contribution < 1.29 is 27.9 Å². The Morgan fingerprint density at radius 3 is 2.62 bits per heavy atom. The second-order valence-corrected chi connectivity index (χ2v) is 8.23. The van der Waals surface area contributed by atoms with Gasteiger partial charge in [-0.3, -0.25) is 4.79 Å². The van der Waals surface area contributed by atoms with Crippen LogP contribution in [0.25, 0.3) is 0 Å². The van der Waals surface area contributed by atoms with E-state index in [0.717, 1.165) is 4.31 Å². The molecule has 0 bridgehead atoms. The van der Waals surface area contributed by atoms with Crippen molar-refractivity contribution in [2.24, 2.45) is 5.92 Å². The Labute approximate surface area is 152 Å². The predicted octanol–water partition coefficient (Wildman–Crippen LogP) is 1.27. The average molecular weight is 385 g/mol. The molecule has 0 radical (unpaired) electrons. The van der Waals surface area contributed by atoms with Gasteiger partial charge in [0.1, 0.15) is 5.75 Å². The van der Waals surface area contributed by atoms with Gasteiger partial charge in [0.15, 0.2) is 0 Å². The number of carboxylic acid groups (broad SMARTS) is 1. The lowest BCUT2D eigenvalue weighted by Crippen LogP contribution is -2.34. The third kappa shape index (κ3) is 4.25. The van der Waals surface area contributed by atoms with E-state index in [-0.39, 0.29) is 17.1 Å². The van der Waals surface area contributed by atoms with E-state index in [1.165, 1.54) is 37.2 Å². The second-order valence-electron chi connectivity index (χ2n) is 6.08. The van der Waals surface area contributed by atoms with Crippen LogP contribution in [-0.2, 0) is 14.8 Å². The molecule has 1 unspecified atom stereocenters. The van der Waals surface area contributed by atoms with E-state index in [4.69, 9.17) is 9.84 Å². The maximum Gasteiger partial charge on any atom is 0.321 e. The molecule has 1 atom stereocenters. The molecule has 0 aliphatic carbocycles. The number of likely N-dealkylation sites (tertiary alicyclic amines) is 1. The van der Waals surface area contributed by atoms with E-state index in [9.17, 15) is 18.0 Å². The number of carbonyl (C=O) groups is 2. The summed E-state index contributed by atoms with van der Waals surface area (Å²) in [5.74, 6) is -1.19. The molecular weight excluding hydrogens is 362 g/mol. The summed E-state index contributed by atoms with van der Waals surface area (Å²) in [5.41, 5.74) is 0.221. The zero-order valence-corrected chi connectivity index (χ0v) is 15.7. The van der Waals surface area contributed by atoms with Gasteiger partial charge in [-0.1, -0.05) is 0 Å². The van der Waals surface area contributed by atoms with Crippen LogP contribution < -0.4 is 10.1 Å². The molecule has 1 saturated heterocycles. The predicted molar refractivity (Wildman–Crippen MR) is 94.8 cm³/mol. The van der Waals surface area contributed by atoms with E-state index in [1.54, 1.807) is 6.92 Å². The molecule has 2 N–H and O–H groups in total. The van der Waals surface area contributed by atoms with Gasteiger partial charge in [-0.2, -0.15) is 0 Å². The molecule has 26 heavy (non-hydrogen) atoms. The van der Waals surface area contributed by atoms with Crippen molar-refractivity contribution in [3.8, 4) is 5.75 Å². The quantitative estimate of drug-likeness (QED) is 0.762. The number of carbonyl (C=O) groups excluding carboxylic acids is 1. The minimum Gasteiger partial charge on any atom is -0.492 e. The average Bonchev–Trinajstić information content (AvgIpc) is 3.06. The molecule has 2 rings (SSSR count). The fourth-order valence-electron chi connectivity index (χ4n) is 2.60. The molecule has 1 aromatic rings. The number of urea groups is 1. The number of nitrogens with one attached hydrogen (secondary N) is 1. The summed E-state index contributed by atoms with van der Waals surface area (Å²) in [7, 11) is -0.837.